The molecule has 1 unspecified atom stereocenters. The van der Waals surface area contributed by atoms with Crippen molar-refractivity contribution in [3.63, 3.8) is 0 Å². The number of hydrogen-bond acceptors (Lipinski definition) is 7. The van der Waals surface area contributed by atoms with Crippen LogP contribution in [0.25, 0.3) is 22.0 Å². The molecule has 0 saturated heterocycles. The van der Waals surface area contributed by atoms with Gasteiger partial charge in [-0.1, -0.05) is 42.5 Å². The van der Waals surface area contributed by atoms with E-state index in [-0.39, 0.29) is 24.1 Å². The summed E-state index contributed by atoms with van der Waals surface area (Å²) in [5.74, 6) is -1.63. The molecular weight excluding hydrogens is 418 g/mol. The Kier molecular flexibility index (Phi) is 5.09. The van der Waals surface area contributed by atoms with Gasteiger partial charge in [0, 0.05) is 17.1 Å². The zero-order chi connectivity index (χ0) is 23.1. The first-order chi connectivity index (χ1) is 15.9. The highest BCUT2D eigenvalue weighted by atomic mass is 16.5. The van der Waals surface area contributed by atoms with Crippen molar-refractivity contribution < 1.29 is 19.1 Å². The molecule has 0 bridgehead atoms. The largest absolute Gasteiger partial charge is 0.459 e. The van der Waals surface area contributed by atoms with Crippen LogP contribution < -0.4 is 11.1 Å². The van der Waals surface area contributed by atoms with E-state index in [0.29, 0.717) is 11.3 Å². The van der Waals surface area contributed by atoms with Crippen LogP contribution in [0.3, 0.4) is 0 Å². The molecule has 7 heteroatoms. The van der Waals surface area contributed by atoms with Crippen molar-refractivity contribution in [2.45, 2.75) is 25.9 Å². The summed E-state index contributed by atoms with van der Waals surface area (Å²) in [6, 6.07) is 17.6. The van der Waals surface area contributed by atoms with E-state index in [9.17, 15) is 9.59 Å². The molecule has 2 aliphatic heterocycles. The number of benzene rings is 2. The van der Waals surface area contributed by atoms with E-state index in [4.69, 9.17) is 15.2 Å². The van der Waals surface area contributed by atoms with Crippen molar-refractivity contribution in [2.24, 2.45) is 5.73 Å². The van der Waals surface area contributed by atoms with E-state index in [0.717, 1.165) is 27.6 Å². The van der Waals surface area contributed by atoms with E-state index in [1.165, 1.54) is 0 Å². The van der Waals surface area contributed by atoms with Crippen molar-refractivity contribution in [3.05, 3.63) is 89.0 Å². The van der Waals surface area contributed by atoms with Gasteiger partial charge in [-0.3, -0.25) is 4.98 Å². The van der Waals surface area contributed by atoms with E-state index < -0.39 is 17.9 Å². The maximum absolute atomic E-state index is 13.1. The molecule has 0 spiro atoms. The summed E-state index contributed by atoms with van der Waals surface area (Å²) < 4.78 is 10.8. The van der Waals surface area contributed by atoms with Crippen molar-refractivity contribution >= 4 is 22.8 Å². The minimum Gasteiger partial charge on any atom is -0.459 e. The van der Waals surface area contributed by atoms with Crippen LogP contribution >= 0.6 is 0 Å². The van der Waals surface area contributed by atoms with Crippen LogP contribution in [-0.4, -0.2) is 29.6 Å². The van der Waals surface area contributed by atoms with Gasteiger partial charge in [-0.05, 0) is 37.1 Å². The number of aromatic nitrogens is 1. The molecular formula is C26H23N3O4. The number of nitrogens with zero attached hydrogens (tertiary/aromatic N) is 1. The Hall–Kier alpha value is -4.13. The molecule has 166 valence electrons. The fourth-order valence-corrected chi connectivity index (χ4v) is 4.37. The van der Waals surface area contributed by atoms with Gasteiger partial charge in [0.1, 0.15) is 12.4 Å². The molecule has 3 heterocycles. The number of carbonyl (C=O) groups is 2. The fraction of sp³-hybridized carbons (Fsp3) is 0.192. The number of ether oxygens (including phenoxy) is 2. The lowest BCUT2D eigenvalue weighted by atomic mass is 9.80. The standard InChI is InChI=1S/C26H23N3O4/c1-14(2)33-26(31)23-21(22-20(29-24(23)27)13-32-25(22)30)17-9-6-10-19-18(17)11-16(12-28-19)15-7-4-3-5-8-15/h3-12,14,21,29H,13,27H2,1-2H3. The minimum absolute atomic E-state index is 0.0795. The van der Waals surface area contributed by atoms with Gasteiger partial charge in [0.25, 0.3) is 0 Å². The molecule has 5 rings (SSSR count). The molecule has 3 N–H and O–H groups in total. The van der Waals surface area contributed by atoms with Crippen LogP contribution in [0.4, 0.5) is 0 Å². The summed E-state index contributed by atoms with van der Waals surface area (Å²) in [5, 5.41) is 3.79. The smallest absolute Gasteiger partial charge is 0.338 e. The monoisotopic (exact) mass is 441 g/mol. The SMILES string of the molecule is CC(C)OC(=O)C1=C(N)NC2=C(C(=O)OC2)C1c1cccc2ncc(-c3ccccc3)cc12. The van der Waals surface area contributed by atoms with Crippen molar-refractivity contribution in [1.29, 1.82) is 0 Å². The third kappa shape index (κ3) is 3.61. The van der Waals surface area contributed by atoms with Gasteiger partial charge in [-0.25, -0.2) is 9.59 Å². The molecule has 0 fully saturated rings. The van der Waals surface area contributed by atoms with Crippen LogP contribution in [0.1, 0.15) is 25.3 Å². The number of nitrogens with one attached hydrogen (secondary N) is 1. The Morgan fingerprint density at radius 3 is 2.70 bits per heavy atom. The summed E-state index contributed by atoms with van der Waals surface area (Å²) in [6.45, 7) is 3.61. The zero-order valence-electron chi connectivity index (χ0n) is 18.3. The number of dihydropyridines is 1. The lowest BCUT2D eigenvalue weighted by Gasteiger charge is -2.28. The van der Waals surface area contributed by atoms with Gasteiger partial charge < -0.3 is 20.5 Å². The molecule has 0 radical (unpaired) electrons. The topological polar surface area (TPSA) is 104 Å². The number of carbonyl (C=O) groups excluding carboxylic acids is 2. The lowest BCUT2D eigenvalue weighted by Crippen LogP contribution is -2.35. The average molecular weight is 441 g/mol. The first kappa shape index (κ1) is 20.8. The van der Waals surface area contributed by atoms with Crippen LogP contribution in [0.2, 0.25) is 0 Å². The maximum atomic E-state index is 13.1. The highest BCUT2D eigenvalue weighted by Gasteiger charge is 2.43. The van der Waals surface area contributed by atoms with Crippen LogP contribution in [0.15, 0.2) is 83.5 Å². The van der Waals surface area contributed by atoms with Crippen LogP contribution in [0, 0.1) is 0 Å². The third-order valence-corrected chi connectivity index (χ3v) is 5.79. The Bertz CT molecular complexity index is 1340. The summed E-state index contributed by atoms with van der Waals surface area (Å²) in [5.41, 5.74) is 10.9. The summed E-state index contributed by atoms with van der Waals surface area (Å²) in [6.07, 6.45) is 1.47. The molecule has 0 aliphatic carbocycles. The van der Waals surface area contributed by atoms with Gasteiger partial charge >= 0.3 is 11.9 Å². The number of rotatable bonds is 4. The fourth-order valence-electron chi connectivity index (χ4n) is 4.37. The molecule has 33 heavy (non-hydrogen) atoms. The molecule has 1 aromatic heterocycles. The number of hydrogen-bond donors (Lipinski definition) is 2. The predicted molar refractivity (Wildman–Crippen MR) is 123 cm³/mol. The van der Waals surface area contributed by atoms with Crippen molar-refractivity contribution in [1.82, 2.24) is 10.3 Å². The van der Waals surface area contributed by atoms with Gasteiger partial charge in [0.15, 0.2) is 0 Å². The second-order valence-corrected chi connectivity index (χ2v) is 8.31. The molecule has 1 atom stereocenters. The highest BCUT2D eigenvalue weighted by Crippen LogP contribution is 2.43. The number of pyridine rings is 1. The van der Waals surface area contributed by atoms with Gasteiger partial charge in [-0.2, -0.15) is 0 Å². The number of fused-ring (bicyclic) bond motifs is 1. The molecule has 0 amide bonds. The summed E-state index contributed by atoms with van der Waals surface area (Å²) >= 11 is 0. The zero-order valence-corrected chi connectivity index (χ0v) is 18.3. The van der Waals surface area contributed by atoms with Crippen molar-refractivity contribution in [3.8, 4) is 11.1 Å². The normalized spacial score (nSPS) is 17.8. The number of nitrogens with two attached hydrogens (primary N) is 1. The third-order valence-electron chi connectivity index (χ3n) is 5.79. The Morgan fingerprint density at radius 2 is 1.94 bits per heavy atom. The summed E-state index contributed by atoms with van der Waals surface area (Å²) in [4.78, 5) is 30.5. The average Bonchev–Trinajstić information content (AvgIpc) is 3.17. The Morgan fingerprint density at radius 1 is 1.15 bits per heavy atom. The quantitative estimate of drug-likeness (QED) is 0.597. The molecule has 2 aliphatic rings. The maximum Gasteiger partial charge on any atom is 0.338 e. The molecule has 3 aromatic rings. The van der Waals surface area contributed by atoms with E-state index in [2.05, 4.69) is 10.3 Å². The number of cyclic esters (lactones) is 1. The first-order valence-electron chi connectivity index (χ1n) is 10.8. The van der Waals surface area contributed by atoms with Crippen LogP contribution in [-0.2, 0) is 19.1 Å². The summed E-state index contributed by atoms with van der Waals surface area (Å²) in [7, 11) is 0. The molecule has 0 saturated carbocycles. The van der Waals surface area contributed by atoms with E-state index in [1.807, 2.05) is 60.8 Å². The molecule has 2 aromatic carbocycles. The van der Waals surface area contributed by atoms with Crippen molar-refractivity contribution in [2.75, 3.05) is 6.61 Å². The van der Waals surface area contributed by atoms with Gasteiger partial charge in [0.2, 0.25) is 0 Å². The molecule has 7 nitrogen and oxygen atoms in total. The van der Waals surface area contributed by atoms with Crippen LogP contribution in [0.5, 0.6) is 0 Å². The predicted octanol–water partition coefficient (Wildman–Crippen LogP) is 3.52. The van der Waals surface area contributed by atoms with Gasteiger partial charge in [-0.15, -0.1) is 0 Å². The van der Waals surface area contributed by atoms with Gasteiger partial charge in [0.05, 0.1) is 34.4 Å². The minimum atomic E-state index is -0.737. The second-order valence-electron chi connectivity index (χ2n) is 8.31. The second kappa shape index (κ2) is 8.09. The number of esters is 2. The van der Waals surface area contributed by atoms with E-state index in [1.54, 1.807) is 13.8 Å². The first-order valence-corrected chi connectivity index (χ1v) is 10.8. The Balaban J connectivity index is 1.73. The van der Waals surface area contributed by atoms with E-state index >= 15 is 0 Å². The lowest BCUT2D eigenvalue weighted by molar-refractivity contribution is -0.143. The Labute approximate surface area is 190 Å². The highest BCUT2D eigenvalue weighted by molar-refractivity contribution is 6.03.